The zero-order chi connectivity index (χ0) is 11.5. The van der Waals surface area contributed by atoms with Crippen molar-refractivity contribution in [3.8, 4) is 0 Å². The van der Waals surface area contributed by atoms with Crippen molar-refractivity contribution >= 4 is 5.97 Å². The molecule has 0 heterocycles. The first kappa shape index (κ1) is 12.5. The molecule has 1 fully saturated rings. The summed E-state index contributed by atoms with van der Waals surface area (Å²) in [6, 6.07) is 0. The lowest BCUT2D eigenvalue weighted by atomic mass is 9.75. The van der Waals surface area contributed by atoms with Crippen molar-refractivity contribution < 1.29 is 14.6 Å². The highest BCUT2D eigenvalue weighted by Gasteiger charge is 2.34. The number of hydrogen-bond donors (Lipinski definition) is 0. The van der Waals surface area contributed by atoms with E-state index in [-0.39, 0.29) is 11.6 Å². The Bertz CT molecular complexity index is 215. The molecule has 1 aliphatic carbocycles. The van der Waals surface area contributed by atoms with Crippen LogP contribution in [0.5, 0.6) is 0 Å². The molecule has 0 spiro atoms. The van der Waals surface area contributed by atoms with Gasteiger partial charge in [-0.25, -0.2) is 4.79 Å². The van der Waals surface area contributed by atoms with E-state index in [0.29, 0.717) is 0 Å². The maximum Gasteiger partial charge on any atom is 0.339 e. The van der Waals surface area contributed by atoms with Crippen LogP contribution >= 0.6 is 0 Å². The van der Waals surface area contributed by atoms with Crippen molar-refractivity contribution in [2.45, 2.75) is 59.0 Å². The van der Waals surface area contributed by atoms with Gasteiger partial charge >= 0.3 is 5.97 Å². The minimum absolute atomic E-state index is 0.267. The molecule has 0 aromatic rings. The number of carbonyl (C=O) groups excluding carboxylic acids is 1. The third-order valence-corrected chi connectivity index (χ3v) is 3.39. The van der Waals surface area contributed by atoms with Gasteiger partial charge in [0.1, 0.15) is 5.60 Å². The summed E-state index contributed by atoms with van der Waals surface area (Å²) in [6.45, 7) is 7.91. The molecule has 0 saturated heterocycles. The second-order valence-electron chi connectivity index (χ2n) is 5.19. The predicted molar refractivity (Wildman–Crippen MR) is 58.1 cm³/mol. The van der Waals surface area contributed by atoms with Crippen LogP contribution in [0.25, 0.3) is 0 Å². The molecule has 3 heteroatoms. The normalized spacial score (nSPS) is 31.7. The highest BCUT2D eigenvalue weighted by atomic mass is 17.2. The second-order valence-corrected chi connectivity index (χ2v) is 5.19. The van der Waals surface area contributed by atoms with Crippen LogP contribution in [0, 0.1) is 11.8 Å². The van der Waals surface area contributed by atoms with E-state index in [1.54, 1.807) is 0 Å². The van der Waals surface area contributed by atoms with Crippen LogP contribution in [0.1, 0.15) is 53.4 Å². The average Bonchev–Trinajstić information content (AvgIpc) is 2.16. The van der Waals surface area contributed by atoms with Gasteiger partial charge in [0.15, 0.2) is 0 Å². The van der Waals surface area contributed by atoms with E-state index in [0.717, 1.165) is 37.5 Å². The molecule has 0 amide bonds. The molecular formula is C12H22O3. The van der Waals surface area contributed by atoms with Crippen LogP contribution in [0.15, 0.2) is 0 Å². The molecule has 0 aromatic heterocycles. The largest absolute Gasteiger partial charge is 0.339 e. The van der Waals surface area contributed by atoms with Gasteiger partial charge in [-0.2, -0.15) is 4.89 Å². The Morgan fingerprint density at radius 2 is 1.87 bits per heavy atom. The Balaban J connectivity index is 2.37. The first-order valence-electron chi connectivity index (χ1n) is 5.79. The van der Waals surface area contributed by atoms with Crippen molar-refractivity contribution in [3.05, 3.63) is 0 Å². The lowest BCUT2D eigenvalue weighted by molar-refractivity contribution is -0.335. The molecule has 3 nitrogen and oxygen atoms in total. The van der Waals surface area contributed by atoms with E-state index in [4.69, 9.17) is 4.89 Å². The molecule has 0 bridgehead atoms. The topological polar surface area (TPSA) is 35.5 Å². The van der Waals surface area contributed by atoms with E-state index < -0.39 is 0 Å². The summed E-state index contributed by atoms with van der Waals surface area (Å²) >= 11 is 0. The Morgan fingerprint density at radius 1 is 1.33 bits per heavy atom. The zero-order valence-electron chi connectivity index (χ0n) is 10.2. The Kier molecular flexibility index (Phi) is 4.14. The summed E-state index contributed by atoms with van der Waals surface area (Å²) in [5.41, 5.74) is -0.267. The molecule has 0 radical (unpaired) electrons. The fourth-order valence-electron chi connectivity index (χ4n) is 2.16. The van der Waals surface area contributed by atoms with E-state index in [1.165, 1.54) is 6.92 Å². The van der Waals surface area contributed by atoms with E-state index in [9.17, 15) is 4.79 Å². The highest BCUT2D eigenvalue weighted by Crippen LogP contribution is 2.37. The molecule has 0 aromatic carbocycles. The molecule has 1 saturated carbocycles. The van der Waals surface area contributed by atoms with Crippen LogP contribution in [-0.4, -0.2) is 11.6 Å². The average molecular weight is 214 g/mol. The van der Waals surface area contributed by atoms with Gasteiger partial charge in [-0.3, -0.25) is 4.89 Å². The maximum absolute atomic E-state index is 10.7. The fraction of sp³-hybridized carbons (Fsp3) is 0.917. The van der Waals surface area contributed by atoms with Crippen LogP contribution in [0.2, 0.25) is 0 Å². The minimum Gasteiger partial charge on any atom is -0.298 e. The van der Waals surface area contributed by atoms with Crippen LogP contribution in [0.3, 0.4) is 0 Å². The molecule has 15 heavy (non-hydrogen) atoms. The third-order valence-electron chi connectivity index (χ3n) is 3.39. The molecule has 1 rings (SSSR count). The van der Waals surface area contributed by atoms with E-state index >= 15 is 0 Å². The van der Waals surface area contributed by atoms with Crippen molar-refractivity contribution in [3.63, 3.8) is 0 Å². The number of hydrogen-bond acceptors (Lipinski definition) is 3. The van der Waals surface area contributed by atoms with Gasteiger partial charge in [0.25, 0.3) is 0 Å². The first-order valence-corrected chi connectivity index (χ1v) is 5.79. The maximum atomic E-state index is 10.7. The van der Waals surface area contributed by atoms with Crippen molar-refractivity contribution in [2.24, 2.45) is 11.8 Å². The molecule has 0 atom stereocenters. The fourth-order valence-corrected chi connectivity index (χ4v) is 2.16. The standard InChI is InChI=1S/C12H22O3/c1-9(2)11-5-7-12(4,8-6-11)15-14-10(3)13/h9,11H,5-8H2,1-4H3. The molecule has 88 valence electrons. The summed E-state index contributed by atoms with van der Waals surface area (Å²) in [4.78, 5) is 20.5. The Morgan fingerprint density at radius 3 is 2.27 bits per heavy atom. The van der Waals surface area contributed by atoms with Crippen LogP contribution < -0.4 is 0 Å². The number of carbonyl (C=O) groups is 1. The minimum atomic E-state index is -0.373. The van der Waals surface area contributed by atoms with E-state index in [1.807, 2.05) is 6.92 Å². The molecule has 0 N–H and O–H groups in total. The van der Waals surface area contributed by atoms with Gasteiger partial charge in [0.2, 0.25) is 0 Å². The van der Waals surface area contributed by atoms with Crippen molar-refractivity contribution in [1.29, 1.82) is 0 Å². The molecule has 0 unspecified atom stereocenters. The highest BCUT2D eigenvalue weighted by molar-refractivity contribution is 5.65. The van der Waals surface area contributed by atoms with Crippen molar-refractivity contribution in [1.82, 2.24) is 0 Å². The quantitative estimate of drug-likeness (QED) is 0.535. The molecule has 1 aliphatic rings. The third kappa shape index (κ3) is 3.82. The lowest BCUT2D eigenvalue weighted by Crippen LogP contribution is -2.35. The predicted octanol–water partition coefficient (Wildman–Crippen LogP) is 3.09. The molecular weight excluding hydrogens is 192 g/mol. The molecule has 0 aliphatic heterocycles. The van der Waals surface area contributed by atoms with Gasteiger partial charge in [0.05, 0.1) is 0 Å². The first-order chi connectivity index (χ1) is 6.93. The number of rotatable bonds is 3. The van der Waals surface area contributed by atoms with E-state index in [2.05, 4.69) is 18.7 Å². The Hall–Kier alpha value is -0.570. The van der Waals surface area contributed by atoms with Crippen LogP contribution in [0.4, 0.5) is 0 Å². The summed E-state index contributed by atoms with van der Waals surface area (Å²) in [5, 5.41) is 0. The van der Waals surface area contributed by atoms with Gasteiger partial charge in [-0.15, -0.1) is 0 Å². The van der Waals surface area contributed by atoms with Gasteiger partial charge in [0, 0.05) is 6.92 Å². The van der Waals surface area contributed by atoms with Gasteiger partial charge in [-0.1, -0.05) is 13.8 Å². The van der Waals surface area contributed by atoms with Crippen LogP contribution in [-0.2, 0) is 14.6 Å². The lowest BCUT2D eigenvalue weighted by Gasteiger charge is -2.36. The Labute approximate surface area is 92.1 Å². The summed E-state index contributed by atoms with van der Waals surface area (Å²) in [6.07, 6.45) is 4.27. The SMILES string of the molecule is CC(=O)OOC1(C)CCC(C(C)C)CC1. The summed E-state index contributed by atoms with van der Waals surface area (Å²) in [5.74, 6) is 1.16. The van der Waals surface area contributed by atoms with Crippen molar-refractivity contribution in [2.75, 3.05) is 0 Å². The monoisotopic (exact) mass is 214 g/mol. The smallest absolute Gasteiger partial charge is 0.298 e. The summed E-state index contributed by atoms with van der Waals surface area (Å²) in [7, 11) is 0. The second kappa shape index (κ2) is 4.97. The zero-order valence-corrected chi connectivity index (χ0v) is 10.2. The summed E-state index contributed by atoms with van der Waals surface area (Å²) < 4.78 is 0. The van der Waals surface area contributed by atoms with Gasteiger partial charge < -0.3 is 0 Å². The van der Waals surface area contributed by atoms with Gasteiger partial charge in [-0.05, 0) is 44.4 Å².